The van der Waals surface area contributed by atoms with Crippen LogP contribution in [0.5, 0.6) is 0 Å². The summed E-state index contributed by atoms with van der Waals surface area (Å²) in [6.45, 7) is 3.28. The van der Waals surface area contributed by atoms with E-state index >= 15 is 0 Å². The Morgan fingerprint density at radius 1 is 1.47 bits per heavy atom. The normalized spacial score (nSPS) is 16.1. The van der Waals surface area contributed by atoms with E-state index in [2.05, 4.69) is 4.98 Å². The minimum absolute atomic E-state index is 0.0645. The summed E-state index contributed by atoms with van der Waals surface area (Å²) >= 11 is 0. The Kier molecular flexibility index (Phi) is 4.91. The lowest BCUT2D eigenvalue weighted by molar-refractivity contribution is -0.141. The molecule has 2 rings (SSSR count). The topological polar surface area (TPSA) is 42.4 Å². The van der Waals surface area contributed by atoms with Crippen LogP contribution < -0.4 is 0 Å². The van der Waals surface area contributed by atoms with Crippen molar-refractivity contribution >= 4 is 5.91 Å². The molecule has 0 radical (unpaired) electrons. The highest BCUT2D eigenvalue weighted by atomic mass is 16.5. The van der Waals surface area contributed by atoms with Gasteiger partial charge in [-0.25, -0.2) is 0 Å². The maximum Gasteiger partial charge on any atom is 0.251 e. The first-order valence-corrected chi connectivity index (χ1v) is 6.92. The Morgan fingerprint density at radius 3 is 2.79 bits per heavy atom. The molecule has 1 aliphatic rings. The Hall–Kier alpha value is -1.42. The Bertz CT molecular complexity index is 404. The number of amides is 1. The number of pyridine rings is 1. The molecule has 0 unspecified atom stereocenters. The van der Waals surface area contributed by atoms with Gasteiger partial charge in [0.05, 0.1) is 6.61 Å². The summed E-state index contributed by atoms with van der Waals surface area (Å²) in [5.74, 6) is 0.757. The number of likely N-dealkylation sites (N-methyl/N-ethyl adjacent to an activating group) is 1. The number of carbonyl (C=O) groups excluding carboxylic acids is 1. The second kappa shape index (κ2) is 6.66. The minimum Gasteiger partial charge on any atom is -0.368 e. The van der Waals surface area contributed by atoms with Crippen LogP contribution in [0.15, 0.2) is 24.5 Å². The highest BCUT2D eigenvalue weighted by Gasteiger charge is 2.25. The van der Waals surface area contributed by atoms with E-state index in [9.17, 15) is 4.79 Å². The number of nitrogens with zero attached hydrogens (tertiary/aromatic N) is 2. The van der Waals surface area contributed by atoms with E-state index in [0.717, 1.165) is 13.0 Å². The fraction of sp³-hybridized carbons (Fsp3) is 0.600. The van der Waals surface area contributed by atoms with E-state index in [1.807, 2.05) is 26.1 Å². The van der Waals surface area contributed by atoms with E-state index in [1.54, 1.807) is 17.3 Å². The molecule has 1 amide bonds. The Balaban J connectivity index is 1.71. The van der Waals surface area contributed by atoms with Crippen LogP contribution in [0.25, 0.3) is 0 Å². The maximum atomic E-state index is 12.1. The van der Waals surface area contributed by atoms with Crippen molar-refractivity contribution in [3.63, 3.8) is 0 Å². The molecule has 1 heterocycles. The van der Waals surface area contributed by atoms with Crippen molar-refractivity contribution in [1.29, 1.82) is 0 Å². The number of rotatable bonds is 7. The van der Waals surface area contributed by atoms with Crippen molar-refractivity contribution in [1.82, 2.24) is 9.88 Å². The summed E-state index contributed by atoms with van der Waals surface area (Å²) in [6.07, 6.45) is 6.57. The van der Waals surface area contributed by atoms with E-state index in [-0.39, 0.29) is 12.0 Å². The quantitative estimate of drug-likeness (QED) is 0.753. The van der Waals surface area contributed by atoms with Gasteiger partial charge in [-0.1, -0.05) is 0 Å². The number of hydrogen-bond acceptors (Lipinski definition) is 3. The monoisotopic (exact) mass is 262 g/mol. The second-order valence-electron chi connectivity index (χ2n) is 5.28. The zero-order valence-electron chi connectivity index (χ0n) is 11.7. The fourth-order valence-electron chi connectivity index (χ4n) is 1.90. The van der Waals surface area contributed by atoms with Crippen molar-refractivity contribution < 1.29 is 9.53 Å². The SMILES string of the molecule is C[C@H](OCC1CC1)C(=O)N(C)CCc1ccncc1. The van der Waals surface area contributed by atoms with Crippen LogP contribution >= 0.6 is 0 Å². The van der Waals surface area contributed by atoms with Crippen LogP contribution in [0.1, 0.15) is 25.3 Å². The third-order valence-corrected chi connectivity index (χ3v) is 3.49. The smallest absolute Gasteiger partial charge is 0.251 e. The molecule has 1 saturated carbocycles. The van der Waals surface area contributed by atoms with E-state index in [4.69, 9.17) is 4.74 Å². The number of hydrogen-bond donors (Lipinski definition) is 0. The van der Waals surface area contributed by atoms with Crippen LogP contribution in [-0.2, 0) is 16.0 Å². The lowest BCUT2D eigenvalue weighted by atomic mass is 10.2. The highest BCUT2D eigenvalue weighted by molar-refractivity contribution is 5.80. The molecule has 19 heavy (non-hydrogen) atoms. The molecule has 0 aliphatic heterocycles. The summed E-state index contributed by atoms with van der Waals surface area (Å²) in [5.41, 5.74) is 1.20. The first kappa shape index (κ1) is 14.0. The molecule has 1 aliphatic carbocycles. The van der Waals surface area contributed by atoms with Crippen molar-refractivity contribution in [3.05, 3.63) is 30.1 Å². The van der Waals surface area contributed by atoms with E-state index in [1.165, 1.54) is 18.4 Å². The molecular formula is C15H22N2O2. The zero-order chi connectivity index (χ0) is 13.7. The number of carbonyl (C=O) groups is 1. The van der Waals surface area contributed by atoms with E-state index < -0.39 is 0 Å². The summed E-state index contributed by atoms with van der Waals surface area (Å²) < 4.78 is 5.60. The van der Waals surface area contributed by atoms with Crippen LogP contribution in [0.2, 0.25) is 0 Å². The number of ether oxygens (including phenoxy) is 1. The van der Waals surface area contributed by atoms with Gasteiger partial charge < -0.3 is 9.64 Å². The Labute approximate surface area is 114 Å². The van der Waals surface area contributed by atoms with Gasteiger partial charge in [0.1, 0.15) is 6.10 Å². The van der Waals surface area contributed by atoms with Gasteiger partial charge in [-0.05, 0) is 49.8 Å². The molecule has 104 valence electrons. The van der Waals surface area contributed by atoms with Crippen molar-refractivity contribution in [2.24, 2.45) is 5.92 Å². The molecule has 0 aromatic carbocycles. The van der Waals surface area contributed by atoms with E-state index in [0.29, 0.717) is 12.5 Å². The van der Waals surface area contributed by atoms with Gasteiger partial charge in [-0.3, -0.25) is 9.78 Å². The van der Waals surface area contributed by atoms with Gasteiger partial charge in [0, 0.05) is 26.0 Å². The molecule has 1 aromatic heterocycles. The third kappa shape index (κ3) is 4.63. The average molecular weight is 262 g/mol. The van der Waals surface area contributed by atoms with Crippen LogP contribution in [-0.4, -0.2) is 42.1 Å². The van der Waals surface area contributed by atoms with Crippen LogP contribution in [0, 0.1) is 5.92 Å². The molecule has 0 spiro atoms. The summed E-state index contributed by atoms with van der Waals surface area (Å²) in [6, 6.07) is 3.96. The zero-order valence-corrected chi connectivity index (χ0v) is 11.7. The molecule has 1 fully saturated rings. The van der Waals surface area contributed by atoms with Gasteiger partial charge in [-0.15, -0.1) is 0 Å². The lowest BCUT2D eigenvalue weighted by Crippen LogP contribution is -2.37. The summed E-state index contributed by atoms with van der Waals surface area (Å²) in [7, 11) is 1.83. The minimum atomic E-state index is -0.331. The first-order chi connectivity index (χ1) is 9.16. The van der Waals surface area contributed by atoms with Crippen LogP contribution in [0.3, 0.4) is 0 Å². The van der Waals surface area contributed by atoms with Crippen molar-refractivity contribution in [3.8, 4) is 0 Å². The van der Waals surface area contributed by atoms with Gasteiger partial charge in [0.2, 0.25) is 0 Å². The molecule has 4 heteroatoms. The molecule has 0 saturated heterocycles. The fourth-order valence-corrected chi connectivity index (χ4v) is 1.90. The van der Waals surface area contributed by atoms with Gasteiger partial charge in [0.25, 0.3) is 5.91 Å². The predicted octanol–water partition coefficient (Wildman–Crippen LogP) is 1.90. The van der Waals surface area contributed by atoms with Gasteiger partial charge in [0.15, 0.2) is 0 Å². The molecular weight excluding hydrogens is 240 g/mol. The molecule has 0 N–H and O–H groups in total. The summed E-state index contributed by atoms with van der Waals surface area (Å²) in [5, 5.41) is 0. The molecule has 1 aromatic rings. The van der Waals surface area contributed by atoms with Gasteiger partial charge in [-0.2, -0.15) is 0 Å². The second-order valence-corrected chi connectivity index (χ2v) is 5.28. The van der Waals surface area contributed by atoms with Crippen molar-refractivity contribution in [2.75, 3.05) is 20.2 Å². The summed E-state index contributed by atoms with van der Waals surface area (Å²) in [4.78, 5) is 17.8. The maximum absolute atomic E-state index is 12.1. The highest BCUT2D eigenvalue weighted by Crippen LogP contribution is 2.29. The number of aromatic nitrogens is 1. The van der Waals surface area contributed by atoms with Crippen LogP contribution in [0.4, 0.5) is 0 Å². The molecule has 4 nitrogen and oxygen atoms in total. The standard InChI is InChI=1S/C15H22N2O2/c1-12(19-11-14-3-4-14)15(18)17(2)10-7-13-5-8-16-9-6-13/h5-6,8-9,12,14H,3-4,7,10-11H2,1-2H3/t12-/m0/s1. The lowest BCUT2D eigenvalue weighted by Gasteiger charge is -2.21. The predicted molar refractivity (Wildman–Crippen MR) is 73.7 cm³/mol. The average Bonchev–Trinajstić information content (AvgIpc) is 3.26. The molecule has 0 bridgehead atoms. The van der Waals surface area contributed by atoms with Crippen molar-refractivity contribution in [2.45, 2.75) is 32.3 Å². The first-order valence-electron chi connectivity index (χ1n) is 6.92. The van der Waals surface area contributed by atoms with Gasteiger partial charge >= 0.3 is 0 Å². The largest absolute Gasteiger partial charge is 0.368 e. The molecule has 1 atom stereocenters. The third-order valence-electron chi connectivity index (χ3n) is 3.49. The Morgan fingerprint density at radius 2 is 2.16 bits per heavy atom.